The minimum absolute atomic E-state index is 0.128. The molecule has 3 N–H and O–H groups in total. The Balaban J connectivity index is 2.02. The number of carboxylic acid groups (broad SMARTS) is 1. The Morgan fingerprint density at radius 1 is 1.30 bits per heavy atom. The van der Waals surface area contributed by atoms with Crippen LogP contribution in [0.5, 0.6) is 0 Å². The van der Waals surface area contributed by atoms with Crippen LogP contribution in [0.4, 0.5) is 0 Å². The van der Waals surface area contributed by atoms with Gasteiger partial charge in [-0.25, -0.2) is 8.42 Å². The van der Waals surface area contributed by atoms with E-state index in [4.69, 9.17) is 5.11 Å². The zero-order valence-electron chi connectivity index (χ0n) is 11.0. The molecule has 1 aliphatic carbocycles. The molecule has 20 heavy (non-hydrogen) atoms. The molecular formula is C13H18N2O4S. The van der Waals surface area contributed by atoms with Crippen molar-refractivity contribution in [2.75, 3.05) is 6.54 Å². The first-order valence-electron chi connectivity index (χ1n) is 6.50. The predicted molar refractivity (Wildman–Crippen MR) is 73.5 cm³/mol. The molecule has 0 heterocycles. The number of nitrogens with one attached hydrogen (secondary N) is 2. The molecule has 1 fully saturated rings. The molecule has 0 radical (unpaired) electrons. The highest BCUT2D eigenvalue weighted by Crippen LogP contribution is 2.27. The van der Waals surface area contributed by atoms with Crippen molar-refractivity contribution in [2.45, 2.75) is 30.3 Å². The van der Waals surface area contributed by atoms with Crippen LogP contribution in [-0.4, -0.2) is 32.2 Å². The molecule has 1 atom stereocenters. The minimum Gasteiger partial charge on any atom is -0.481 e. The number of hydrogen-bond acceptors (Lipinski definition) is 4. The lowest BCUT2D eigenvalue weighted by Crippen LogP contribution is -2.47. The highest BCUT2D eigenvalue weighted by atomic mass is 32.2. The Bertz CT molecular complexity index is 555. The van der Waals surface area contributed by atoms with Crippen molar-refractivity contribution in [3.05, 3.63) is 30.3 Å². The molecule has 1 saturated carbocycles. The van der Waals surface area contributed by atoms with Gasteiger partial charge in [-0.15, -0.1) is 0 Å². The largest absolute Gasteiger partial charge is 0.481 e. The summed E-state index contributed by atoms with van der Waals surface area (Å²) in [7, 11) is -3.71. The Morgan fingerprint density at radius 3 is 2.50 bits per heavy atom. The van der Waals surface area contributed by atoms with E-state index in [0.717, 1.165) is 12.8 Å². The van der Waals surface area contributed by atoms with E-state index >= 15 is 0 Å². The SMILES string of the molecule is O=C(O)CC(NCC1CC1)NS(=O)(=O)c1ccccc1. The van der Waals surface area contributed by atoms with Gasteiger partial charge in [-0.3, -0.25) is 4.79 Å². The number of aliphatic carboxylic acids is 1. The lowest BCUT2D eigenvalue weighted by Gasteiger charge is -2.18. The van der Waals surface area contributed by atoms with Crippen LogP contribution in [0, 0.1) is 5.92 Å². The second-order valence-electron chi connectivity index (χ2n) is 4.94. The molecule has 7 heteroatoms. The van der Waals surface area contributed by atoms with Gasteiger partial charge < -0.3 is 10.4 Å². The van der Waals surface area contributed by atoms with Gasteiger partial charge in [0.25, 0.3) is 0 Å². The Labute approximate surface area is 118 Å². The third-order valence-electron chi connectivity index (χ3n) is 3.08. The number of sulfonamides is 1. The van der Waals surface area contributed by atoms with E-state index in [1.807, 2.05) is 0 Å². The van der Waals surface area contributed by atoms with Gasteiger partial charge in [0.05, 0.1) is 17.5 Å². The number of benzene rings is 1. The lowest BCUT2D eigenvalue weighted by atomic mass is 10.3. The van der Waals surface area contributed by atoms with Crippen molar-refractivity contribution in [2.24, 2.45) is 5.92 Å². The van der Waals surface area contributed by atoms with Crippen LogP contribution in [0.15, 0.2) is 35.2 Å². The topological polar surface area (TPSA) is 95.5 Å². The smallest absolute Gasteiger partial charge is 0.306 e. The van der Waals surface area contributed by atoms with E-state index in [2.05, 4.69) is 10.0 Å². The van der Waals surface area contributed by atoms with E-state index in [0.29, 0.717) is 12.5 Å². The Kier molecular flexibility index (Phi) is 4.74. The second-order valence-corrected chi connectivity index (χ2v) is 6.65. The molecule has 0 aromatic heterocycles. The summed E-state index contributed by atoms with van der Waals surface area (Å²) in [4.78, 5) is 10.9. The summed E-state index contributed by atoms with van der Waals surface area (Å²) in [5.41, 5.74) is 0. The molecule has 1 aliphatic rings. The number of rotatable bonds is 8. The van der Waals surface area contributed by atoms with Gasteiger partial charge in [0, 0.05) is 0 Å². The molecule has 1 unspecified atom stereocenters. The van der Waals surface area contributed by atoms with Crippen molar-refractivity contribution >= 4 is 16.0 Å². The molecule has 0 amide bonds. The van der Waals surface area contributed by atoms with Gasteiger partial charge in [-0.05, 0) is 37.4 Å². The van der Waals surface area contributed by atoms with Gasteiger partial charge in [-0.1, -0.05) is 18.2 Å². The van der Waals surface area contributed by atoms with Crippen LogP contribution in [0.3, 0.4) is 0 Å². The highest BCUT2D eigenvalue weighted by Gasteiger charge is 2.25. The van der Waals surface area contributed by atoms with Crippen LogP contribution in [-0.2, 0) is 14.8 Å². The molecule has 2 rings (SSSR count). The monoisotopic (exact) mass is 298 g/mol. The fourth-order valence-corrected chi connectivity index (χ4v) is 3.01. The average Bonchev–Trinajstić information content (AvgIpc) is 3.20. The average molecular weight is 298 g/mol. The number of hydrogen-bond donors (Lipinski definition) is 3. The van der Waals surface area contributed by atoms with Crippen molar-refractivity contribution < 1.29 is 18.3 Å². The summed E-state index contributed by atoms with van der Waals surface area (Å²) in [6.07, 6.45) is 1.13. The summed E-state index contributed by atoms with van der Waals surface area (Å²) >= 11 is 0. The van der Waals surface area contributed by atoms with E-state index in [1.54, 1.807) is 18.2 Å². The summed E-state index contributed by atoms with van der Waals surface area (Å²) in [5, 5.41) is 11.8. The summed E-state index contributed by atoms with van der Waals surface area (Å²) in [6, 6.07) is 7.91. The molecule has 6 nitrogen and oxygen atoms in total. The van der Waals surface area contributed by atoms with Crippen LogP contribution in [0.1, 0.15) is 19.3 Å². The van der Waals surface area contributed by atoms with Gasteiger partial charge >= 0.3 is 5.97 Å². The summed E-state index contributed by atoms with van der Waals surface area (Å²) < 4.78 is 26.7. The van der Waals surface area contributed by atoms with Crippen molar-refractivity contribution in [1.29, 1.82) is 0 Å². The Morgan fingerprint density at radius 2 is 1.95 bits per heavy atom. The molecule has 0 saturated heterocycles. The van der Waals surface area contributed by atoms with Crippen molar-refractivity contribution in [3.8, 4) is 0 Å². The molecule has 110 valence electrons. The van der Waals surface area contributed by atoms with E-state index in [9.17, 15) is 13.2 Å². The lowest BCUT2D eigenvalue weighted by molar-refractivity contribution is -0.137. The summed E-state index contributed by atoms with van der Waals surface area (Å²) in [5.74, 6) is -0.512. The molecular weight excluding hydrogens is 280 g/mol. The van der Waals surface area contributed by atoms with Gasteiger partial charge in [0.15, 0.2) is 0 Å². The maximum absolute atomic E-state index is 12.1. The van der Waals surface area contributed by atoms with Crippen LogP contribution < -0.4 is 10.0 Å². The molecule has 0 spiro atoms. The minimum atomic E-state index is -3.71. The molecule has 0 aliphatic heterocycles. The zero-order chi connectivity index (χ0) is 14.6. The molecule has 1 aromatic carbocycles. The maximum Gasteiger partial charge on any atom is 0.306 e. The second kappa shape index (κ2) is 6.34. The third kappa shape index (κ3) is 4.59. The van der Waals surface area contributed by atoms with Crippen LogP contribution in [0.2, 0.25) is 0 Å². The number of carbonyl (C=O) groups is 1. The predicted octanol–water partition coefficient (Wildman–Crippen LogP) is 0.765. The first kappa shape index (κ1) is 15.0. The zero-order valence-corrected chi connectivity index (χ0v) is 11.8. The first-order chi connectivity index (χ1) is 9.47. The molecule has 0 bridgehead atoms. The molecule has 1 aromatic rings. The maximum atomic E-state index is 12.1. The van der Waals surface area contributed by atoms with Gasteiger partial charge in [0.2, 0.25) is 10.0 Å². The third-order valence-corrected chi connectivity index (χ3v) is 4.57. The van der Waals surface area contributed by atoms with E-state index in [1.165, 1.54) is 12.1 Å². The van der Waals surface area contributed by atoms with E-state index < -0.39 is 22.2 Å². The fraction of sp³-hybridized carbons (Fsp3) is 0.462. The summed E-state index contributed by atoms with van der Waals surface area (Å²) in [6.45, 7) is 0.634. The van der Waals surface area contributed by atoms with E-state index in [-0.39, 0.29) is 11.3 Å². The Hall–Kier alpha value is -1.44. The first-order valence-corrected chi connectivity index (χ1v) is 7.98. The fourth-order valence-electron chi connectivity index (χ4n) is 1.82. The van der Waals surface area contributed by atoms with Crippen LogP contribution >= 0.6 is 0 Å². The highest BCUT2D eigenvalue weighted by molar-refractivity contribution is 7.89. The van der Waals surface area contributed by atoms with Gasteiger partial charge in [0.1, 0.15) is 0 Å². The number of carboxylic acids is 1. The van der Waals surface area contributed by atoms with Crippen molar-refractivity contribution in [1.82, 2.24) is 10.0 Å². The van der Waals surface area contributed by atoms with Crippen molar-refractivity contribution in [3.63, 3.8) is 0 Å². The standard InChI is InChI=1S/C13H18N2O4S/c16-13(17)8-12(14-9-10-6-7-10)15-20(18,19)11-4-2-1-3-5-11/h1-5,10,12,14-15H,6-9H2,(H,16,17). The quantitative estimate of drug-likeness (QED) is 0.616. The van der Waals surface area contributed by atoms with Crippen LogP contribution in [0.25, 0.3) is 0 Å². The van der Waals surface area contributed by atoms with Gasteiger partial charge in [-0.2, -0.15) is 4.72 Å². The normalized spacial score (nSPS) is 16.8.